The van der Waals surface area contributed by atoms with Crippen molar-refractivity contribution in [1.82, 2.24) is 5.32 Å². The molecular formula is C7H13N3O3. The summed E-state index contributed by atoms with van der Waals surface area (Å²) in [5, 5.41) is 2.98. The molecule has 13 heavy (non-hydrogen) atoms. The highest BCUT2D eigenvalue weighted by atomic mass is 16.5. The van der Waals surface area contributed by atoms with Crippen molar-refractivity contribution < 1.29 is 14.3 Å². The van der Waals surface area contributed by atoms with E-state index in [9.17, 15) is 9.59 Å². The van der Waals surface area contributed by atoms with Gasteiger partial charge in [-0.1, -0.05) is 0 Å². The molecule has 0 bridgehead atoms. The Kier molecular flexibility index (Phi) is 3.21. The number of morpholine rings is 1. The third kappa shape index (κ3) is 2.40. The van der Waals surface area contributed by atoms with Crippen molar-refractivity contribution in [2.75, 3.05) is 19.7 Å². The normalized spacial score (nSPS) is 23.0. The highest BCUT2D eigenvalue weighted by Crippen LogP contribution is 2.08. The maximum absolute atomic E-state index is 10.9. The number of carbonyl (C=O) groups is 2. The number of hydrogen-bond acceptors (Lipinski definition) is 4. The lowest BCUT2D eigenvalue weighted by Crippen LogP contribution is -2.51. The number of rotatable bonds is 3. The number of ether oxygens (including phenoxy) is 1. The number of amides is 2. The van der Waals surface area contributed by atoms with Gasteiger partial charge < -0.3 is 21.5 Å². The Bertz CT molecular complexity index is 199. The topological polar surface area (TPSA) is 107 Å². The average molecular weight is 187 g/mol. The Morgan fingerprint density at radius 2 is 2.00 bits per heavy atom. The standard InChI is InChI=1S/C7H13N3O3/c8-6(11)5(7(9)12)4-3-10-1-2-13-4/h4-5,10H,1-3H2,(H2,8,11)(H2,9,12). The molecule has 74 valence electrons. The van der Waals surface area contributed by atoms with E-state index in [1.54, 1.807) is 0 Å². The van der Waals surface area contributed by atoms with E-state index in [0.29, 0.717) is 19.7 Å². The van der Waals surface area contributed by atoms with Crippen LogP contribution < -0.4 is 16.8 Å². The maximum Gasteiger partial charge on any atom is 0.232 e. The van der Waals surface area contributed by atoms with Gasteiger partial charge in [0, 0.05) is 13.1 Å². The molecule has 0 aromatic carbocycles. The van der Waals surface area contributed by atoms with Crippen molar-refractivity contribution in [3.63, 3.8) is 0 Å². The zero-order valence-corrected chi connectivity index (χ0v) is 7.16. The smallest absolute Gasteiger partial charge is 0.232 e. The summed E-state index contributed by atoms with van der Waals surface area (Å²) in [5.74, 6) is -2.50. The van der Waals surface area contributed by atoms with Crippen LogP contribution in [-0.4, -0.2) is 37.6 Å². The number of primary amides is 2. The number of hydrogen-bond donors (Lipinski definition) is 3. The lowest BCUT2D eigenvalue weighted by Gasteiger charge is -2.27. The Morgan fingerprint density at radius 1 is 1.38 bits per heavy atom. The van der Waals surface area contributed by atoms with Crippen molar-refractivity contribution in [1.29, 1.82) is 0 Å². The van der Waals surface area contributed by atoms with Crippen LogP contribution in [0.3, 0.4) is 0 Å². The molecule has 1 heterocycles. The van der Waals surface area contributed by atoms with Gasteiger partial charge in [-0.2, -0.15) is 0 Å². The fourth-order valence-electron chi connectivity index (χ4n) is 1.31. The van der Waals surface area contributed by atoms with E-state index in [2.05, 4.69) is 5.32 Å². The molecule has 5 N–H and O–H groups in total. The van der Waals surface area contributed by atoms with E-state index >= 15 is 0 Å². The van der Waals surface area contributed by atoms with E-state index in [0.717, 1.165) is 0 Å². The van der Waals surface area contributed by atoms with Gasteiger partial charge >= 0.3 is 0 Å². The fourth-order valence-corrected chi connectivity index (χ4v) is 1.31. The van der Waals surface area contributed by atoms with Crippen LogP contribution in [0.5, 0.6) is 0 Å². The molecule has 6 nitrogen and oxygen atoms in total. The van der Waals surface area contributed by atoms with E-state index in [4.69, 9.17) is 16.2 Å². The van der Waals surface area contributed by atoms with Crippen molar-refractivity contribution in [3.05, 3.63) is 0 Å². The predicted octanol–water partition coefficient (Wildman–Crippen LogP) is -2.44. The summed E-state index contributed by atoms with van der Waals surface area (Å²) in [6.07, 6.45) is -0.524. The van der Waals surface area contributed by atoms with E-state index in [1.165, 1.54) is 0 Å². The zero-order chi connectivity index (χ0) is 9.84. The summed E-state index contributed by atoms with van der Waals surface area (Å²) in [6, 6.07) is 0. The Morgan fingerprint density at radius 3 is 2.38 bits per heavy atom. The first-order valence-electron chi connectivity index (χ1n) is 4.04. The molecule has 0 radical (unpaired) electrons. The summed E-state index contributed by atoms with van der Waals surface area (Å²) < 4.78 is 5.20. The second-order valence-electron chi connectivity index (χ2n) is 2.90. The zero-order valence-electron chi connectivity index (χ0n) is 7.16. The molecule has 1 unspecified atom stereocenters. The predicted molar refractivity (Wildman–Crippen MR) is 44.5 cm³/mol. The fraction of sp³-hybridized carbons (Fsp3) is 0.714. The molecule has 1 atom stereocenters. The van der Waals surface area contributed by atoms with Gasteiger partial charge in [-0.3, -0.25) is 9.59 Å². The van der Waals surface area contributed by atoms with Crippen molar-refractivity contribution >= 4 is 11.8 Å². The first-order valence-corrected chi connectivity index (χ1v) is 4.04. The largest absolute Gasteiger partial charge is 0.374 e. The summed E-state index contributed by atoms with van der Waals surface area (Å²) in [4.78, 5) is 21.7. The summed E-state index contributed by atoms with van der Waals surface area (Å²) >= 11 is 0. The van der Waals surface area contributed by atoms with Crippen LogP contribution in [0.15, 0.2) is 0 Å². The third-order valence-electron chi connectivity index (χ3n) is 1.94. The molecule has 0 saturated carbocycles. The summed E-state index contributed by atoms with van der Waals surface area (Å²) in [5.41, 5.74) is 10.0. The van der Waals surface area contributed by atoms with Crippen LogP contribution in [-0.2, 0) is 14.3 Å². The number of nitrogens with two attached hydrogens (primary N) is 2. The van der Waals surface area contributed by atoms with Crippen molar-refractivity contribution in [3.8, 4) is 0 Å². The molecule has 1 fully saturated rings. The highest BCUT2D eigenvalue weighted by molar-refractivity contribution is 5.99. The Labute approximate surface area is 75.6 Å². The van der Waals surface area contributed by atoms with E-state index < -0.39 is 23.8 Å². The SMILES string of the molecule is NC(=O)C(C(N)=O)C1CNCCO1. The van der Waals surface area contributed by atoms with Crippen molar-refractivity contribution in [2.45, 2.75) is 6.10 Å². The molecule has 0 aromatic rings. The quantitative estimate of drug-likeness (QED) is 0.426. The maximum atomic E-state index is 10.9. The lowest BCUT2D eigenvalue weighted by atomic mass is 10.00. The molecular weight excluding hydrogens is 174 g/mol. The molecule has 0 aliphatic carbocycles. The minimum absolute atomic E-state index is 0.427. The molecule has 1 aliphatic heterocycles. The van der Waals surface area contributed by atoms with Gasteiger partial charge in [-0.15, -0.1) is 0 Å². The van der Waals surface area contributed by atoms with Crippen LogP contribution in [0.25, 0.3) is 0 Å². The monoisotopic (exact) mass is 187 g/mol. The second kappa shape index (κ2) is 4.20. The number of nitrogens with one attached hydrogen (secondary N) is 1. The van der Waals surface area contributed by atoms with Gasteiger partial charge in [0.1, 0.15) is 5.92 Å². The first-order chi connectivity index (χ1) is 6.13. The van der Waals surface area contributed by atoms with Gasteiger partial charge in [0.05, 0.1) is 12.7 Å². The van der Waals surface area contributed by atoms with Crippen molar-refractivity contribution in [2.24, 2.45) is 17.4 Å². The van der Waals surface area contributed by atoms with Gasteiger partial charge in [-0.05, 0) is 0 Å². The Balaban J connectivity index is 2.62. The highest BCUT2D eigenvalue weighted by Gasteiger charge is 2.33. The van der Waals surface area contributed by atoms with Crippen LogP contribution in [0.2, 0.25) is 0 Å². The molecule has 1 aliphatic rings. The van der Waals surface area contributed by atoms with Crippen LogP contribution in [0.1, 0.15) is 0 Å². The Hall–Kier alpha value is -1.14. The molecule has 1 rings (SSSR count). The van der Waals surface area contributed by atoms with Gasteiger partial charge in [0.2, 0.25) is 11.8 Å². The summed E-state index contributed by atoms with van der Waals surface area (Å²) in [7, 11) is 0. The van der Waals surface area contributed by atoms with E-state index in [-0.39, 0.29) is 0 Å². The van der Waals surface area contributed by atoms with E-state index in [1.807, 2.05) is 0 Å². The minimum atomic E-state index is -1.03. The van der Waals surface area contributed by atoms with Crippen LogP contribution >= 0.6 is 0 Å². The third-order valence-corrected chi connectivity index (χ3v) is 1.94. The van der Waals surface area contributed by atoms with Gasteiger partial charge in [0.15, 0.2) is 0 Å². The molecule has 1 saturated heterocycles. The lowest BCUT2D eigenvalue weighted by molar-refractivity contribution is -0.139. The summed E-state index contributed by atoms with van der Waals surface area (Å²) in [6.45, 7) is 1.60. The second-order valence-corrected chi connectivity index (χ2v) is 2.90. The average Bonchev–Trinajstić information content (AvgIpc) is 2.04. The molecule has 6 heteroatoms. The van der Waals surface area contributed by atoms with Crippen LogP contribution in [0.4, 0.5) is 0 Å². The molecule has 0 aromatic heterocycles. The van der Waals surface area contributed by atoms with Gasteiger partial charge in [-0.25, -0.2) is 0 Å². The van der Waals surface area contributed by atoms with Crippen LogP contribution in [0, 0.1) is 5.92 Å². The first kappa shape index (κ1) is 9.94. The molecule has 2 amide bonds. The molecule has 0 spiro atoms. The minimum Gasteiger partial charge on any atom is -0.374 e. The van der Waals surface area contributed by atoms with Gasteiger partial charge in [0.25, 0.3) is 0 Å². The number of carbonyl (C=O) groups excluding carboxylic acids is 2.